The Morgan fingerprint density at radius 2 is 2.20 bits per heavy atom. The molecule has 1 aromatic rings. The van der Waals surface area contributed by atoms with Crippen LogP contribution in [0, 0.1) is 5.92 Å². The van der Waals surface area contributed by atoms with E-state index >= 15 is 0 Å². The smallest absolute Gasteiger partial charge is 0.234 e. The van der Waals surface area contributed by atoms with Gasteiger partial charge in [-0.25, -0.2) is 0 Å². The van der Waals surface area contributed by atoms with E-state index in [0.29, 0.717) is 18.5 Å². The SMILES string of the molecule is C[C@H]1CCCC[C@H]1NC(=O)CN(C)Cc1ccc(Br)s1. The van der Waals surface area contributed by atoms with E-state index in [1.54, 1.807) is 11.3 Å². The number of hydrogen-bond acceptors (Lipinski definition) is 3. The number of nitrogens with zero attached hydrogens (tertiary/aromatic N) is 1. The maximum atomic E-state index is 12.1. The molecule has 0 aromatic carbocycles. The van der Waals surface area contributed by atoms with Crippen LogP contribution in [-0.2, 0) is 11.3 Å². The van der Waals surface area contributed by atoms with Crippen LogP contribution in [0.25, 0.3) is 0 Å². The summed E-state index contributed by atoms with van der Waals surface area (Å²) in [5.41, 5.74) is 0. The second-order valence-corrected chi connectivity index (χ2v) is 8.36. The summed E-state index contributed by atoms with van der Waals surface area (Å²) in [6.07, 6.45) is 4.92. The number of halogens is 1. The number of thiophene rings is 1. The molecule has 1 aliphatic rings. The number of nitrogens with one attached hydrogen (secondary N) is 1. The third-order valence-corrected chi connectivity index (χ3v) is 5.53. The van der Waals surface area contributed by atoms with E-state index in [9.17, 15) is 4.79 Å². The Morgan fingerprint density at radius 1 is 1.45 bits per heavy atom. The topological polar surface area (TPSA) is 32.3 Å². The average molecular weight is 359 g/mol. The van der Waals surface area contributed by atoms with Gasteiger partial charge in [-0.1, -0.05) is 19.8 Å². The van der Waals surface area contributed by atoms with Gasteiger partial charge in [-0.2, -0.15) is 0 Å². The highest BCUT2D eigenvalue weighted by atomic mass is 79.9. The lowest BCUT2D eigenvalue weighted by Gasteiger charge is -2.30. The highest BCUT2D eigenvalue weighted by molar-refractivity contribution is 9.11. The predicted molar refractivity (Wildman–Crippen MR) is 87.9 cm³/mol. The second kappa shape index (κ2) is 7.57. The van der Waals surface area contributed by atoms with E-state index in [4.69, 9.17) is 0 Å². The van der Waals surface area contributed by atoms with Gasteiger partial charge in [0.1, 0.15) is 0 Å². The summed E-state index contributed by atoms with van der Waals surface area (Å²) in [4.78, 5) is 15.5. The average Bonchev–Trinajstić information content (AvgIpc) is 2.77. The molecule has 0 saturated heterocycles. The van der Waals surface area contributed by atoms with E-state index in [1.165, 1.54) is 24.1 Å². The number of rotatable bonds is 5. The van der Waals surface area contributed by atoms with Crippen LogP contribution < -0.4 is 5.32 Å². The maximum absolute atomic E-state index is 12.1. The molecule has 0 unspecified atom stereocenters. The number of carbonyl (C=O) groups is 1. The third kappa shape index (κ3) is 4.86. The first-order valence-electron chi connectivity index (χ1n) is 7.26. The van der Waals surface area contributed by atoms with Gasteiger partial charge in [0.05, 0.1) is 10.3 Å². The number of amides is 1. The zero-order chi connectivity index (χ0) is 14.5. The molecular weight excluding hydrogens is 336 g/mol. The molecule has 2 atom stereocenters. The molecule has 5 heteroatoms. The lowest BCUT2D eigenvalue weighted by molar-refractivity contribution is -0.123. The fourth-order valence-corrected chi connectivity index (χ4v) is 4.35. The largest absolute Gasteiger partial charge is 0.352 e. The molecule has 1 fully saturated rings. The van der Waals surface area contributed by atoms with Crippen molar-refractivity contribution >= 4 is 33.2 Å². The predicted octanol–water partition coefficient (Wildman–Crippen LogP) is 3.64. The fourth-order valence-electron chi connectivity index (χ4n) is 2.79. The minimum absolute atomic E-state index is 0.155. The van der Waals surface area contributed by atoms with Gasteiger partial charge < -0.3 is 5.32 Å². The van der Waals surface area contributed by atoms with E-state index in [0.717, 1.165) is 16.8 Å². The zero-order valence-electron chi connectivity index (χ0n) is 12.2. The molecule has 0 spiro atoms. The van der Waals surface area contributed by atoms with E-state index < -0.39 is 0 Å². The minimum Gasteiger partial charge on any atom is -0.352 e. The van der Waals surface area contributed by atoms with Crippen LogP contribution in [0.5, 0.6) is 0 Å². The van der Waals surface area contributed by atoms with Gasteiger partial charge in [0.25, 0.3) is 0 Å². The van der Waals surface area contributed by atoms with Crippen LogP contribution in [0.3, 0.4) is 0 Å². The van der Waals surface area contributed by atoms with Crippen LogP contribution in [0.1, 0.15) is 37.5 Å². The van der Waals surface area contributed by atoms with Gasteiger partial charge in [-0.15, -0.1) is 11.3 Å². The Hall–Kier alpha value is -0.390. The van der Waals surface area contributed by atoms with Gasteiger partial charge in [-0.3, -0.25) is 9.69 Å². The molecule has 3 nitrogen and oxygen atoms in total. The van der Waals surface area contributed by atoms with Crippen molar-refractivity contribution in [3.8, 4) is 0 Å². The highest BCUT2D eigenvalue weighted by Crippen LogP contribution is 2.24. The van der Waals surface area contributed by atoms with Gasteiger partial charge in [0, 0.05) is 17.5 Å². The van der Waals surface area contributed by atoms with Gasteiger partial charge in [-0.05, 0) is 53.9 Å². The first kappa shape index (κ1) is 16.0. The van der Waals surface area contributed by atoms with Crippen molar-refractivity contribution < 1.29 is 4.79 Å². The summed E-state index contributed by atoms with van der Waals surface area (Å²) in [5, 5.41) is 3.20. The van der Waals surface area contributed by atoms with Crippen molar-refractivity contribution in [1.29, 1.82) is 0 Å². The second-order valence-electron chi connectivity index (χ2n) is 5.81. The molecule has 1 N–H and O–H groups in total. The lowest BCUT2D eigenvalue weighted by atomic mass is 9.86. The van der Waals surface area contributed by atoms with Crippen molar-refractivity contribution in [2.24, 2.45) is 5.92 Å². The standard InChI is InChI=1S/C15H23BrN2OS/c1-11-5-3-4-6-13(11)17-15(19)10-18(2)9-12-7-8-14(16)20-12/h7-8,11,13H,3-6,9-10H2,1-2H3,(H,17,19)/t11-,13+/m0/s1. The quantitative estimate of drug-likeness (QED) is 0.871. The van der Waals surface area contributed by atoms with Crippen LogP contribution in [-0.4, -0.2) is 30.4 Å². The van der Waals surface area contributed by atoms with Gasteiger partial charge in [0.2, 0.25) is 5.91 Å². The maximum Gasteiger partial charge on any atom is 0.234 e. The van der Waals surface area contributed by atoms with Crippen LogP contribution >= 0.6 is 27.3 Å². The van der Waals surface area contributed by atoms with Crippen LogP contribution in [0.2, 0.25) is 0 Å². The summed E-state index contributed by atoms with van der Waals surface area (Å²) < 4.78 is 1.14. The summed E-state index contributed by atoms with van der Waals surface area (Å²) in [6.45, 7) is 3.54. The Labute approximate surface area is 133 Å². The molecule has 0 bridgehead atoms. The summed E-state index contributed by atoms with van der Waals surface area (Å²) >= 11 is 5.19. The molecule has 20 heavy (non-hydrogen) atoms. The molecule has 1 heterocycles. The van der Waals surface area contributed by atoms with Crippen molar-refractivity contribution in [2.75, 3.05) is 13.6 Å². The normalized spacial score (nSPS) is 23.0. The highest BCUT2D eigenvalue weighted by Gasteiger charge is 2.23. The van der Waals surface area contributed by atoms with E-state index in [-0.39, 0.29) is 5.91 Å². The van der Waals surface area contributed by atoms with Crippen molar-refractivity contribution in [1.82, 2.24) is 10.2 Å². The number of carbonyl (C=O) groups excluding carboxylic acids is 1. The minimum atomic E-state index is 0.155. The first-order chi connectivity index (χ1) is 9.54. The molecule has 1 aliphatic carbocycles. The summed E-state index contributed by atoms with van der Waals surface area (Å²) in [5.74, 6) is 0.771. The zero-order valence-corrected chi connectivity index (χ0v) is 14.6. The van der Waals surface area contributed by atoms with E-state index in [2.05, 4.69) is 45.2 Å². The van der Waals surface area contributed by atoms with Gasteiger partial charge in [0.15, 0.2) is 0 Å². The molecule has 0 aliphatic heterocycles. The lowest BCUT2D eigenvalue weighted by Crippen LogP contribution is -2.44. The Kier molecular flexibility index (Phi) is 6.05. The molecule has 0 radical (unpaired) electrons. The fraction of sp³-hybridized carbons (Fsp3) is 0.667. The Morgan fingerprint density at radius 3 is 2.85 bits per heavy atom. The molecular formula is C15H23BrN2OS. The summed E-state index contributed by atoms with van der Waals surface area (Å²) in [6, 6.07) is 4.53. The van der Waals surface area contributed by atoms with E-state index in [1.807, 2.05) is 7.05 Å². The third-order valence-electron chi connectivity index (χ3n) is 3.93. The van der Waals surface area contributed by atoms with Crippen LogP contribution in [0.15, 0.2) is 15.9 Å². The first-order valence-corrected chi connectivity index (χ1v) is 8.87. The van der Waals surface area contributed by atoms with Crippen molar-refractivity contribution in [3.05, 3.63) is 20.8 Å². The van der Waals surface area contributed by atoms with Crippen molar-refractivity contribution in [3.63, 3.8) is 0 Å². The van der Waals surface area contributed by atoms with Crippen molar-refractivity contribution in [2.45, 2.75) is 45.2 Å². The molecule has 1 amide bonds. The molecule has 1 aromatic heterocycles. The molecule has 2 rings (SSSR count). The molecule has 1 saturated carbocycles. The number of likely N-dealkylation sites (N-methyl/N-ethyl adjacent to an activating group) is 1. The monoisotopic (exact) mass is 358 g/mol. The van der Waals surface area contributed by atoms with Gasteiger partial charge >= 0.3 is 0 Å². The Bertz CT molecular complexity index is 449. The summed E-state index contributed by atoms with van der Waals surface area (Å²) in [7, 11) is 2.00. The molecule has 112 valence electrons. The Balaban J connectivity index is 1.75. The number of hydrogen-bond donors (Lipinski definition) is 1. The van der Waals surface area contributed by atoms with Crippen LogP contribution in [0.4, 0.5) is 0 Å².